The lowest BCUT2D eigenvalue weighted by atomic mass is 10.0. The van der Waals surface area contributed by atoms with Crippen LogP contribution in [0.25, 0.3) is 0 Å². The van der Waals surface area contributed by atoms with Crippen LogP contribution >= 0.6 is 0 Å². The summed E-state index contributed by atoms with van der Waals surface area (Å²) in [5.41, 5.74) is 0.598. The predicted molar refractivity (Wildman–Crippen MR) is 90.1 cm³/mol. The van der Waals surface area contributed by atoms with E-state index in [1.54, 1.807) is 19.2 Å². The quantitative estimate of drug-likeness (QED) is 0.433. The topological polar surface area (TPSA) is 35.5 Å². The molecule has 0 amide bonds. The van der Waals surface area contributed by atoms with Gasteiger partial charge >= 0.3 is 5.97 Å². The van der Waals surface area contributed by atoms with Gasteiger partial charge in [0.15, 0.2) is 0 Å². The monoisotopic (exact) mass is 306 g/mol. The van der Waals surface area contributed by atoms with Gasteiger partial charge in [0.1, 0.15) is 6.10 Å². The third-order valence-electron chi connectivity index (χ3n) is 3.69. The van der Waals surface area contributed by atoms with Crippen molar-refractivity contribution in [3.05, 3.63) is 35.9 Å². The summed E-state index contributed by atoms with van der Waals surface area (Å²) in [6, 6.07) is 9.13. The minimum absolute atomic E-state index is 0.150. The van der Waals surface area contributed by atoms with Crippen LogP contribution in [-0.4, -0.2) is 25.8 Å². The number of ether oxygens (including phenoxy) is 2. The second-order valence-corrected chi connectivity index (χ2v) is 6.23. The Kier molecular flexibility index (Phi) is 9.56. The molecule has 0 N–H and O–H groups in total. The Morgan fingerprint density at radius 1 is 1.00 bits per heavy atom. The molecule has 1 atom stereocenters. The zero-order valence-electron chi connectivity index (χ0n) is 14.2. The highest BCUT2D eigenvalue weighted by Gasteiger charge is 2.15. The van der Waals surface area contributed by atoms with Gasteiger partial charge in [0, 0.05) is 7.11 Å². The van der Waals surface area contributed by atoms with E-state index in [9.17, 15) is 4.79 Å². The number of hydrogen-bond donors (Lipinski definition) is 0. The summed E-state index contributed by atoms with van der Waals surface area (Å²) in [7, 11) is 1.64. The van der Waals surface area contributed by atoms with Gasteiger partial charge in [-0.25, -0.2) is 4.79 Å². The van der Waals surface area contributed by atoms with E-state index in [1.165, 1.54) is 25.7 Å². The summed E-state index contributed by atoms with van der Waals surface area (Å²) in [5.74, 6) is 0.524. The zero-order chi connectivity index (χ0) is 16.2. The Morgan fingerprint density at radius 3 is 2.23 bits per heavy atom. The molecule has 22 heavy (non-hydrogen) atoms. The Bertz CT molecular complexity index is 400. The van der Waals surface area contributed by atoms with Crippen molar-refractivity contribution >= 4 is 5.97 Å². The first-order chi connectivity index (χ1) is 10.6. The molecule has 0 spiro atoms. The van der Waals surface area contributed by atoms with Crippen LogP contribution in [0.5, 0.6) is 0 Å². The average molecular weight is 306 g/mol. The van der Waals surface area contributed by atoms with Crippen molar-refractivity contribution in [1.29, 1.82) is 0 Å². The minimum Gasteiger partial charge on any atom is -0.456 e. The fourth-order valence-corrected chi connectivity index (χ4v) is 2.43. The van der Waals surface area contributed by atoms with Gasteiger partial charge in [-0.1, -0.05) is 57.7 Å². The molecular formula is C19H30O3. The molecule has 3 nitrogen and oxygen atoms in total. The number of esters is 1. The third-order valence-corrected chi connectivity index (χ3v) is 3.69. The Balaban J connectivity index is 2.28. The van der Waals surface area contributed by atoms with E-state index >= 15 is 0 Å². The Morgan fingerprint density at radius 2 is 1.64 bits per heavy atom. The standard InChI is InChI=1S/C19H30O3/c1-16(2)11-7-4-5-10-14-18(15-21-3)22-19(20)17-12-8-6-9-13-17/h6,8-9,12-13,16,18H,4-5,7,10-11,14-15H2,1-3H3. The third kappa shape index (κ3) is 8.18. The molecule has 0 aromatic heterocycles. The lowest BCUT2D eigenvalue weighted by Gasteiger charge is -2.17. The van der Waals surface area contributed by atoms with Crippen LogP contribution < -0.4 is 0 Å². The molecule has 0 aliphatic carbocycles. The summed E-state index contributed by atoms with van der Waals surface area (Å²) in [4.78, 5) is 12.1. The van der Waals surface area contributed by atoms with Gasteiger partial charge in [0.2, 0.25) is 0 Å². The molecule has 0 saturated carbocycles. The number of hydrogen-bond acceptors (Lipinski definition) is 3. The highest BCUT2D eigenvalue weighted by molar-refractivity contribution is 5.89. The maximum atomic E-state index is 12.1. The first-order valence-electron chi connectivity index (χ1n) is 8.38. The summed E-state index contributed by atoms with van der Waals surface area (Å²) < 4.78 is 10.7. The number of unbranched alkanes of at least 4 members (excludes halogenated alkanes) is 3. The number of carbonyl (C=O) groups excluding carboxylic acids is 1. The van der Waals surface area contributed by atoms with Crippen molar-refractivity contribution in [1.82, 2.24) is 0 Å². The second kappa shape index (κ2) is 11.2. The molecule has 0 radical (unpaired) electrons. The Labute approximate surface area is 135 Å². The molecular weight excluding hydrogens is 276 g/mol. The van der Waals surface area contributed by atoms with Crippen molar-refractivity contribution in [2.45, 2.75) is 58.5 Å². The van der Waals surface area contributed by atoms with E-state index in [-0.39, 0.29) is 12.1 Å². The first kappa shape index (κ1) is 18.7. The number of methoxy groups -OCH3 is 1. The molecule has 1 rings (SSSR count). The van der Waals surface area contributed by atoms with Gasteiger partial charge in [0.05, 0.1) is 12.2 Å². The van der Waals surface area contributed by atoms with Gasteiger partial charge in [-0.3, -0.25) is 0 Å². The molecule has 0 fully saturated rings. The van der Waals surface area contributed by atoms with E-state index < -0.39 is 0 Å². The minimum atomic E-state index is -0.262. The highest BCUT2D eigenvalue weighted by atomic mass is 16.6. The molecule has 3 heteroatoms. The SMILES string of the molecule is COCC(CCCCCCC(C)C)OC(=O)c1ccccc1. The van der Waals surface area contributed by atoms with Gasteiger partial charge in [-0.15, -0.1) is 0 Å². The fourth-order valence-electron chi connectivity index (χ4n) is 2.43. The van der Waals surface area contributed by atoms with Crippen molar-refractivity contribution in [2.75, 3.05) is 13.7 Å². The van der Waals surface area contributed by atoms with Crippen molar-refractivity contribution in [2.24, 2.45) is 5.92 Å². The molecule has 0 heterocycles. The van der Waals surface area contributed by atoms with Crippen molar-refractivity contribution < 1.29 is 14.3 Å². The molecule has 1 unspecified atom stereocenters. The number of carbonyl (C=O) groups is 1. The van der Waals surface area contributed by atoms with E-state index in [0.29, 0.717) is 12.2 Å². The van der Waals surface area contributed by atoms with E-state index in [2.05, 4.69) is 13.8 Å². The Hall–Kier alpha value is -1.35. The van der Waals surface area contributed by atoms with Crippen molar-refractivity contribution in [3.63, 3.8) is 0 Å². The summed E-state index contributed by atoms with van der Waals surface area (Å²) in [5, 5.41) is 0. The first-order valence-corrected chi connectivity index (χ1v) is 8.38. The second-order valence-electron chi connectivity index (χ2n) is 6.23. The van der Waals surface area contributed by atoms with Crippen LogP contribution in [0.4, 0.5) is 0 Å². The molecule has 1 aromatic carbocycles. The van der Waals surface area contributed by atoms with E-state index in [1.807, 2.05) is 18.2 Å². The molecule has 0 aliphatic heterocycles. The van der Waals surface area contributed by atoms with Crippen LogP contribution in [-0.2, 0) is 9.47 Å². The normalized spacial score (nSPS) is 12.4. The summed E-state index contributed by atoms with van der Waals surface area (Å²) >= 11 is 0. The molecule has 0 saturated heterocycles. The van der Waals surface area contributed by atoms with Crippen LogP contribution in [0, 0.1) is 5.92 Å². The van der Waals surface area contributed by atoms with Crippen molar-refractivity contribution in [3.8, 4) is 0 Å². The van der Waals surface area contributed by atoms with Gasteiger partial charge in [0.25, 0.3) is 0 Å². The largest absolute Gasteiger partial charge is 0.456 e. The summed E-state index contributed by atoms with van der Waals surface area (Å²) in [6.45, 7) is 4.99. The van der Waals surface area contributed by atoms with E-state index in [0.717, 1.165) is 18.8 Å². The maximum absolute atomic E-state index is 12.1. The van der Waals surface area contributed by atoms with Crippen LogP contribution in [0.15, 0.2) is 30.3 Å². The predicted octanol–water partition coefficient (Wildman–Crippen LogP) is 4.86. The van der Waals surface area contributed by atoms with Gasteiger partial charge in [-0.2, -0.15) is 0 Å². The zero-order valence-corrected chi connectivity index (χ0v) is 14.2. The van der Waals surface area contributed by atoms with Crippen LogP contribution in [0.3, 0.4) is 0 Å². The van der Waals surface area contributed by atoms with Gasteiger partial charge in [-0.05, 0) is 30.9 Å². The number of benzene rings is 1. The fraction of sp³-hybridized carbons (Fsp3) is 0.632. The highest BCUT2D eigenvalue weighted by Crippen LogP contribution is 2.14. The van der Waals surface area contributed by atoms with Crippen LogP contribution in [0.1, 0.15) is 62.7 Å². The lowest BCUT2D eigenvalue weighted by Crippen LogP contribution is -2.23. The summed E-state index contributed by atoms with van der Waals surface area (Å²) in [6.07, 6.45) is 6.83. The average Bonchev–Trinajstić information content (AvgIpc) is 2.51. The van der Waals surface area contributed by atoms with Crippen LogP contribution in [0.2, 0.25) is 0 Å². The maximum Gasteiger partial charge on any atom is 0.338 e. The van der Waals surface area contributed by atoms with E-state index in [4.69, 9.17) is 9.47 Å². The molecule has 1 aromatic rings. The lowest BCUT2D eigenvalue weighted by molar-refractivity contribution is 0.00237. The number of rotatable bonds is 11. The molecule has 0 aliphatic rings. The smallest absolute Gasteiger partial charge is 0.338 e. The molecule has 124 valence electrons. The molecule has 0 bridgehead atoms. The van der Waals surface area contributed by atoms with Gasteiger partial charge < -0.3 is 9.47 Å².